The van der Waals surface area contributed by atoms with Crippen LogP contribution < -0.4 is 15.0 Å². The molecular weight excluding hydrogens is 472 g/mol. The molecule has 9 heteroatoms. The van der Waals surface area contributed by atoms with Crippen molar-refractivity contribution in [1.29, 1.82) is 0 Å². The number of hydrogen-bond acceptors (Lipinski definition) is 7. The highest BCUT2D eigenvalue weighted by Gasteiger charge is 2.24. The van der Waals surface area contributed by atoms with Gasteiger partial charge < -0.3 is 19.2 Å². The van der Waals surface area contributed by atoms with Crippen molar-refractivity contribution < 1.29 is 19.0 Å². The Morgan fingerprint density at radius 3 is 2.43 bits per heavy atom. The molecule has 0 fully saturated rings. The number of nitrogens with one attached hydrogen (secondary N) is 1. The SMILES string of the molecule is COc1ccc(-c2cn(-c3ccccc3)nc2C(=O)OC(C)c2nc3ccccc3c(=O)[nH]2)cc1OC. The van der Waals surface area contributed by atoms with E-state index in [1.807, 2.05) is 36.4 Å². The summed E-state index contributed by atoms with van der Waals surface area (Å²) in [6, 6.07) is 21.8. The summed E-state index contributed by atoms with van der Waals surface area (Å²) in [7, 11) is 3.10. The number of hydrogen-bond donors (Lipinski definition) is 1. The number of rotatable bonds is 7. The van der Waals surface area contributed by atoms with E-state index in [2.05, 4.69) is 15.1 Å². The fraction of sp³-hybridized carbons (Fsp3) is 0.143. The lowest BCUT2D eigenvalue weighted by atomic mass is 10.1. The van der Waals surface area contributed by atoms with E-state index in [9.17, 15) is 9.59 Å². The van der Waals surface area contributed by atoms with Crippen LogP contribution in [0.2, 0.25) is 0 Å². The molecule has 2 heterocycles. The average molecular weight is 497 g/mol. The third-order valence-corrected chi connectivity index (χ3v) is 5.92. The molecule has 0 saturated carbocycles. The van der Waals surface area contributed by atoms with E-state index in [1.165, 1.54) is 0 Å². The third kappa shape index (κ3) is 4.66. The number of carbonyl (C=O) groups is 1. The zero-order valence-electron chi connectivity index (χ0n) is 20.5. The molecule has 0 saturated heterocycles. The molecule has 1 N–H and O–H groups in total. The zero-order chi connectivity index (χ0) is 25.9. The molecular formula is C28H24N4O5. The number of aromatic amines is 1. The predicted molar refractivity (Wildman–Crippen MR) is 138 cm³/mol. The Labute approximate surface area is 212 Å². The van der Waals surface area contributed by atoms with Gasteiger partial charge in [0.15, 0.2) is 29.1 Å². The van der Waals surface area contributed by atoms with Crippen molar-refractivity contribution in [2.45, 2.75) is 13.0 Å². The molecule has 9 nitrogen and oxygen atoms in total. The van der Waals surface area contributed by atoms with E-state index in [4.69, 9.17) is 14.2 Å². The number of methoxy groups -OCH3 is 2. The molecule has 0 radical (unpaired) electrons. The molecule has 186 valence electrons. The lowest BCUT2D eigenvalue weighted by Gasteiger charge is -2.13. The minimum atomic E-state index is -0.829. The van der Waals surface area contributed by atoms with Crippen molar-refractivity contribution in [2.24, 2.45) is 0 Å². The summed E-state index contributed by atoms with van der Waals surface area (Å²) in [6.07, 6.45) is 0.929. The minimum Gasteiger partial charge on any atom is -0.493 e. The molecule has 5 rings (SSSR count). The van der Waals surface area contributed by atoms with Gasteiger partial charge in [-0.2, -0.15) is 5.10 Å². The van der Waals surface area contributed by atoms with E-state index < -0.39 is 12.1 Å². The van der Waals surface area contributed by atoms with Crippen LogP contribution in [-0.2, 0) is 4.74 Å². The molecule has 1 unspecified atom stereocenters. The Bertz CT molecular complexity index is 1640. The lowest BCUT2D eigenvalue weighted by molar-refractivity contribution is 0.0313. The number of H-pyrrole nitrogens is 1. The smallest absolute Gasteiger partial charge is 0.360 e. The quantitative estimate of drug-likeness (QED) is 0.325. The normalized spacial score (nSPS) is 11.8. The van der Waals surface area contributed by atoms with Crippen LogP contribution in [0.1, 0.15) is 29.3 Å². The molecule has 1 atom stereocenters. The summed E-state index contributed by atoms with van der Waals surface area (Å²) in [6.45, 7) is 1.65. The Morgan fingerprint density at radius 2 is 1.68 bits per heavy atom. The van der Waals surface area contributed by atoms with Crippen molar-refractivity contribution in [3.8, 4) is 28.3 Å². The molecule has 0 spiro atoms. The minimum absolute atomic E-state index is 0.103. The fourth-order valence-electron chi connectivity index (χ4n) is 4.02. The van der Waals surface area contributed by atoms with E-state index >= 15 is 0 Å². The van der Waals surface area contributed by atoms with Gasteiger partial charge in [-0.25, -0.2) is 14.5 Å². The van der Waals surface area contributed by atoms with Crippen LogP contribution in [0.5, 0.6) is 11.5 Å². The summed E-state index contributed by atoms with van der Waals surface area (Å²) in [4.78, 5) is 33.1. The summed E-state index contributed by atoms with van der Waals surface area (Å²) < 4.78 is 18.1. The highest BCUT2D eigenvalue weighted by Crippen LogP contribution is 2.34. The van der Waals surface area contributed by atoms with Gasteiger partial charge in [-0.3, -0.25) is 4.79 Å². The Hall–Kier alpha value is -4.92. The van der Waals surface area contributed by atoms with Gasteiger partial charge >= 0.3 is 5.97 Å². The van der Waals surface area contributed by atoms with Crippen LogP contribution in [0.4, 0.5) is 0 Å². The standard InChI is InChI=1S/C28H24N4O5/c1-17(26-29-22-12-8-7-11-20(22)27(33)30-26)37-28(34)25-21(16-32(31-25)19-9-5-4-6-10-19)18-13-14-23(35-2)24(15-18)36-3/h4-17H,1-3H3,(H,29,30,33). The van der Waals surface area contributed by atoms with Crippen LogP contribution in [0.15, 0.2) is 83.8 Å². The molecule has 2 aromatic heterocycles. The highest BCUT2D eigenvalue weighted by atomic mass is 16.5. The second-order valence-electron chi connectivity index (χ2n) is 8.26. The number of nitrogens with zero attached hydrogens (tertiary/aromatic N) is 3. The second kappa shape index (κ2) is 9.98. The molecule has 0 aliphatic carbocycles. The van der Waals surface area contributed by atoms with Gasteiger partial charge in [0.1, 0.15) is 0 Å². The Morgan fingerprint density at radius 1 is 0.946 bits per heavy atom. The number of carbonyl (C=O) groups excluding carboxylic acids is 1. The van der Waals surface area contributed by atoms with Gasteiger partial charge in [0, 0.05) is 11.8 Å². The Kier molecular flexibility index (Phi) is 6.42. The van der Waals surface area contributed by atoms with Crippen LogP contribution >= 0.6 is 0 Å². The lowest BCUT2D eigenvalue weighted by Crippen LogP contribution is -2.18. The number of aromatic nitrogens is 4. The van der Waals surface area contributed by atoms with Crippen molar-refractivity contribution in [2.75, 3.05) is 14.2 Å². The largest absolute Gasteiger partial charge is 0.493 e. The molecule has 0 aliphatic rings. The summed E-state index contributed by atoms with van der Waals surface area (Å²) in [5.74, 6) is 0.652. The summed E-state index contributed by atoms with van der Waals surface area (Å²) >= 11 is 0. The topological polar surface area (TPSA) is 108 Å². The van der Waals surface area contributed by atoms with E-state index in [0.29, 0.717) is 33.5 Å². The van der Waals surface area contributed by atoms with Gasteiger partial charge in [0.05, 0.1) is 30.8 Å². The molecule has 0 aliphatic heterocycles. The number of fused-ring (bicyclic) bond motifs is 1. The maximum atomic E-state index is 13.4. The second-order valence-corrected chi connectivity index (χ2v) is 8.26. The zero-order valence-corrected chi connectivity index (χ0v) is 20.5. The fourth-order valence-corrected chi connectivity index (χ4v) is 4.02. The van der Waals surface area contributed by atoms with Crippen molar-refractivity contribution >= 4 is 16.9 Å². The number of benzene rings is 3. The van der Waals surface area contributed by atoms with Crippen LogP contribution in [-0.4, -0.2) is 39.9 Å². The van der Waals surface area contributed by atoms with Gasteiger partial charge in [-0.1, -0.05) is 36.4 Å². The van der Waals surface area contributed by atoms with Gasteiger partial charge in [-0.15, -0.1) is 0 Å². The maximum Gasteiger partial charge on any atom is 0.360 e. The predicted octanol–water partition coefficient (Wildman–Crippen LogP) is 4.71. The van der Waals surface area contributed by atoms with Gasteiger partial charge in [0.2, 0.25) is 0 Å². The third-order valence-electron chi connectivity index (χ3n) is 5.92. The van der Waals surface area contributed by atoms with E-state index in [1.54, 1.807) is 68.4 Å². The molecule has 0 bridgehead atoms. The molecule has 0 amide bonds. The molecule has 5 aromatic rings. The van der Waals surface area contributed by atoms with E-state index in [0.717, 1.165) is 5.69 Å². The van der Waals surface area contributed by atoms with Crippen molar-refractivity contribution in [3.05, 3.63) is 101 Å². The molecule has 37 heavy (non-hydrogen) atoms. The molecule has 3 aromatic carbocycles. The average Bonchev–Trinajstić information content (AvgIpc) is 3.39. The van der Waals surface area contributed by atoms with Crippen LogP contribution in [0.3, 0.4) is 0 Å². The maximum absolute atomic E-state index is 13.4. The Balaban J connectivity index is 1.53. The van der Waals surface area contributed by atoms with Crippen molar-refractivity contribution in [3.63, 3.8) is 0 Å². The number of ether oxygens (including phenoxy) is 3. The number of esters is 1. The van der Waals surface area contributed by atoms with E-state index in [-0.39, 0.29) is 17.1 Å². The summed E-state index contributed by atoms with van der Waals surface area (Å²) in [5, 5.41) is 5.01. The summed E-state index contributed by atoms with van der Waals surface area (Å²) in [5.41, 5.74) is 2.33. The van der Waals surface area contributed by atoms with Crippen LogP contribution in [0, 0.1) is 0 Å². The van der Waals surface area contributed by atoms with Gasteiger partial charge in [-0.05, 0) is 48.9 Å². The van der Waals surface area contributed by atoms with Crippen molar-refractivity contribution in [1.82, 2.24) is 19.7 Å². The van der Waals surface area contributed by atoms with Crippen LogP contribution in [0.25, 0.3) is 27.7 Å². The first-order valence-electron chi connectivity index (χ1n) is 11.6. The first kappa shape index (κ1) is 23.8. The number of para-hydroxylation sites is 2. The monoisotopic (exact) mass is 496 g/mol. The van der Waals surface area contributed by atoms with Gasteiger partial charge in [0.25, 0.3) is 5.56 Å². The first-order valence-corrected chi connectivity index (χ1v) is 11.6. The first-order chi connectivity index (χ1) is 18.0. The highest BCUT2D eigenvalue weighted by molar-refractivity contribution is 5.95.